The standard InChI is InChI=1S/C20H16/c1-2-8-17-14-18(13-12-15(17)6-1)20-11-5-9-16-7-3-4-10-19(16)20/h1-13,18H,14H2. The van der Waals surface area contributed by atoms with Gasteiger partial charge in [0.2, 0.25) is 0 Å². The van der Waals surface area contributed by atoms with Crippen LogP contribution in [0.5, 0.6) is 0 Å². The van der Waals surface area contributed by atoms with Gasteiger partial charge in [0.15, 0.2) is 0 Å². The molecule has 1 aliphatic rings. The van der Waals surface area contributed by atoms with Crippen LogP contribution in [0.25, 0.3) is 16.8 Å². The van der Waals surface area contributed by atoms with Crippen molar-refractivity contribution in [1.29, 1.82) is 0 Å². The molecule has 3 aromatic rings. The summed E-state index contributed by atoms with van der Waals surface area (Å²) in [6.07, 6.45) is 5.72. The van der Waals surface area contributed by atoms with Gasteiger partial charge in [0.05, 0.1) is 0 Å². The molecule has 3 aromatic carbocycles. The Balaban J connectivity index is 1.82. The van der Waals surface area contributed by atoms with Gasteiger partial charge < -0.3 is 0 Å². The highest BCUT2D eigenvalue weighted by Crippen LogP contribution is 2.33. The van der Waals surface area contributed by atoms with Crippen molar-refractivity contribution < 1.29 is 0 Å². The second-order valence-electron chi connectivity index (χ2n) is 5.44. The second kappa shape index (κ2) is 4.64. The molecular weight excluding hydrogens is 240 g/mol. The van der Waals surface area contributed by atoms with Crippen LogP contribution in [0.1, 0.15) is 22.6 Å². The molecule has 0 saturated carbocycles. The first-order chi connectivity index (χ1) is 9.92. The number of hydrogen-bond donors (Lipinski definition) is 0. The molecule has 0 N–H and O–H groups in total. The maximum Gasteiger partial charge on any atom is 0.00680 e. The molecule has 0 fully saturated rings. The third-order valence-electron chi connectivity index (χ3n) is 4.23. The largest absolute Gasteiger partial charge is 0.0760 e. The van der Waals surface area contributed by atoms with Crippen LogP contribution in [0.4, 0.5) is 0 Å². The number of allylic oxidation sites excluding steroid dienone is 1. The van der Waals surface area contributed by atoms with E-state index in [1.54, 1.807) is 0 Å². The lowest BCUT2D eigenvalue weighted by atomic mass is 9.83. The Labute approximate surface area is 119 Å². The molecule has 0 nitrogen and oxygen atoms in total. The van der Waals surface area contributed by atoms with Crippen LogP contribution >= 0.6 is 0 Å². The lowest BCUT2D eigenvalue weighted by Gasteiger charge is -2.21. The minimum absolute atomic E-state index is 0.482. The number of rotatable bonds is 1. The number of benzene rings is 3. The van der Waals surface area contributed by atoms with Crippen molar-refractivity contribution in [3.63, 3.8) is 0 Å². The molecule has 0 saturated heterocycles. The Morgan fingerprint density at radius 1 is 0.750 bits per heavy atom. The molecule has 0 bridgehead atoms. The fourth-order valence-corrected chi connectivity index (χ4v) is 3.19. The molecule has 0 heteroatoms. The zero-order valence-corrected chi connectivity index (χ0v) is 11.3. The van der Waals surface area contributed by atoms with Gasteiger partial charge >= 0.3 is 0 Å². The molecule has 0 spiro atoms. The first kappa shape index (κ1) is 11.5. The fourth-order valence-electron chi connectivity index (χ4n) is 3.19. The van der Waals surface area contributed by atoms with Crippen molar-refractivity contribution in [2.45, 2.75) is 12.3 Å². The van der Waals surface area contributed by atoms with Crippen molar-refractivity contribution >= 4 is 16.8 Å². The molecule has 0 radical (unpaired) electrons. The van der Waals surface area contributed by atoms with Crippen LogP contribution in [-0.2, 0) is 6.42 Å². The lowest BCUT2D eigenvalue weighted by molar-refractivity contribution is 0.834. The van der Waals surface area contributed by atoms with E-state index in [0.717, 1.165) is 6.42 Å². The maximum atomic E-state index is 2.35. The molecule has 1 aliphatic carbocycles. The van der Waals surface area contributed by atoms with Gasteiger partial charge in [-0.15, -0.1) is 0 Å². The second-order valence-corrected chi connectivity index (χ2v) is 5.44. The summed E-state index contributed by atoms with van der Waals surface area (Å²) >= 11 is 0. The Bertz CT molecular complexity index is 791. The topological polar surface area (TPSA) is 0 Å². The van der Waals surface area contributed by atoms with Gasteiger partial charge in [-0.1, -0.05) is 78.9 Å². The van der Waals surface area contributed by atoms with E-state index in [1.807, 2.05) is 0 Å². The zero-order valence-electron chi connectivity index (χ0n) is 11.3. The quantitative estimate of drug-likeness (QED) is 0.562. The van der Waals surface area contributed by atoms with Crippen molar-refractivity contribution in [3.05, 3.63) is 89.5 Å². The molecule has 20 heavy (non-hydrogen) atoms. The van der Waals surface area contributed by atoms with Crippen molar-refractivity contribution in [2.24, 2.45) is 0 Å². The van der Waals surface area contributed by atoms with Crippen LogP contribution in [0.3, 0.4) is 0 Å². The van der Waals surface area contributed by atoms with E-state index in [1.165, 1.54) is 27.5 Å². The predicted octanol–water partition coefficient (Wildman–Crippen LogP) is 5.19. The Hall–Kier alpha value is -2.34. The SMILES string of the molecule is C1=CC(c2cccc3ccccc23)Cc2ccccc21. The molecule has 0 aromatic heterocycles. The van der Waals surface area contributed by atoms with E-state index in [0.29, 0.717) is 5.92 Å². The summed E-state index contributed by atoms with van der Waals surface area (Å²) in [5.41, 5.74) is 4.26. The van der Waals surface area contributed by atoms with Gasteiger partial charge in [-0.25, -0.2) is 0 Å². The summed E-state index contributed by atoms with van der Waals surface area (Å²) in [6.45, 7) is 0. The Morgan fingerprint density at radius 3 is 2.55 bits per heavy atom. The summed E-state index contributed by atoms with van der Waals surface area (Å²) in [5.74, 6) is 0.482. The van der Waals surface area contributed by atoms with E-state index in [2.05, 4.69) is 78.9 Å². The average Bonchev–Trinajstić information content (AvgIpc) is 2.54. The Kier molecular flexibility index (Phi) is 2.67. The first-order valence-corrected chi connectivity index (χ1v) is 7.15. The van der Waals surface area contributed by atoms with Crippen LogP contribution in [0.15, 0.2) is 72.8 Å². The monoisotopic (exact) mass is 256 g/mol. The van der Waals surface area contributed by atoms with Crippen molar-refractivity contribution in [3.8, 4) is 0 Å². The third-order valence-corrected chi connectivity index (χ3v) is 4.23. The van der Waals surface area contributed by atoms with Crippen LogP contribution in [0, 0.1) is 0 Å². The van der Waals surface area contributed by atoms with Gasteiger partial charge in [0.25, 0.3) is 0 Å². The summed E-state index contributed by atoms with van der Waals surface area (Å²) in [5, 5.41) is 2.71. The summed E-state index contributed by atoms with van der Waals surface area (Å²) in [6, 6.07) is 24.0. The van der Waals surface area contributed by atoms with E-state index in [4.69, 9.17) is 0 Å². The molecule has 1 unspecified atom stereocenters. The third kappa shape index (κ3) is 1.85. The molecule has 0 aliphatic heterocycles. The first-order valence-electron chi connectivity index (χ1n) is 7.15. The normalized spacial score (nSPS) is 17.1. The minimum Gasteiger partial charge on any atom is -0.0760 e. The highest BCUT2D eigenvalue weighted by atomic mass is 14.2. The molecule has 0 amide bonds. The summed E-state index contributed by atoms with van der Waals surface area (Å²) < 4.78 is 0. The van der Waals surface area contributed by atoms with Gasteiger partial charge in [0, 0.05) is 5.92 Å². The number of fused-ring (bicyclic) bond motifs is 2. The molecular formula is C20H16. The van der Waals surface area contributed by atoms with E-state index in [9.17, 15) is 0 Å². The zero-order chi connectivity index (χ0) is 13.4. The minimum atomic E-state index is 0.482. The van der Waals surface area contributed by atoms with Crippen molar-refractivity contribution in [2.75, 3.05) is 0 Å². The summed E-state index contributed by atoms with van der Waals surface area (Å²) in [7, 11) is 0. The predicted molar refractivity (Wildman–Crippen MR) is 85.9 cm³/mol. The Morgan fingerprint density at radius 2 is 1.55 bits per heavy atom. The van der Waals surface area contributed by atoms with Gasteiger partial charge in [-0.05, 0) is 33.9 Å². The molecule has 0 heterocycles. The van der Waals surface area contributed by atoms with E-state index >= 15 is 0 Å². The van der Waals surface area contributed by atoms with Crippen LogP contribution in [-0.4, -0.2) is 0 Å². The van der Waals surface area contributed by atoms with E-state index in [-0.39, 0.29) is 0 Å². The number of hydrogen-bond acceptors (Lipinski definition) is 0. The lowest BCUT2D eigenvalue weighted by Crippen LogP contribution is -2.06. The molecule has 96 valence electrons. The van der Waals surface area contributed by atoms with Gasteiger partial charge in [0.1, 0.15) is 0 Å². The van der Waals surface area contributed by atoms with Crippen LogP contribution in [0.2, 0.25) is 0 Å². The molecule has 4 rings (SSSR count). The fraction of sp³-hybridized carbons (Fsp3) is 0.100. The highest BCUT2D eigenvalue weighted by Gasteiger charge is 2.16. The smallest absolute Gasteiger partial charge is 0.00680 e. The van der Waals surface area contributed by atoms with Gasteiger partial charge in [-0.2, -0.15) is 0 Å². The van der Waals surface area contributed by atoms with Crippen molar-refractivity contribution in [1.82, 2.24) is 0 Å². The highest BCUT2D eigenvalue weighted by molar-refractivity contribution is 5.86. The van der Waals surface area contributed by atoms with Gasteiger partial charge in [-0.3, -0.25) is 0 Å². The van der Waals surface area contributed by atoms with E-state index < -0.39 is 0 Å². The van der Waals surface area contributed by atoms with Crippen LogP contribution < -0.4 is 0 Å². The average molecular weight is 256 g/mol. The summed E-state index contributed by atoms with van der Waals surface area (Å²) in [4.78, 5) is 0. The molecule has 1 atom stereocenters. The maximum absolute atomic E-state index is 2.35.